The lowest BCUT2D eigenvalue weighted by Crippen LogP contribution is -2.18. The second-order valence-electron chi connectivity index (χ2n) is 4.39. The molecule has 2 rings (SSSR count). The van der Waals surface area contributed by atoms with E-state index in [2.05, 4.69) is 21.2 Å². The quantitative estimate of drug-likeness (QED) is 0.867. The predicted octanol–water partition coefficient (Wildman–Crippen LogP) is 4.58. The fourth-order valence-corrected chi connectivity index (χ4v) is 2.53. The van der Waals surface area contributed by atoms with Gasteiger partial charge in [0.05, 0.1) is 0 Å². The van der Waals surface area contributed by atoms with Gasteiger partial charge in [-0.25, -0.2) is 8.78 Å². The summed E-state index contributed by atoms with van der Waals surface area (Å²) in [6.07, 6.45) is 0. The van der Waals surface area contributed by atoms with Crippen molar-refractivity contribution in [3.8, 4) is 0 Å². The first kappa shape index (κ1) is 14.2. The van der Waals surface area contributed by atoms with Crippen LogP contribution in [0.15, 0.2) is 46.9 Å². The molecule has 1 atom stereocenters. The molecule has 1 unspecified atom stereocenters. The van der Waals surface area contributed by atoms with E-state index < -0.39 is 0 Å². The molecule has 0 bridgehead atoms. The van der Waals surface area contributed by atoms with Gasteiger partial charge in [0, 0.05) is 17.1 Å². The fourth-order valence-electron chi connectivity index (χ4n) is 1.84. The maximum Gasteiger partial charge on any atom is 0.124 e. The molecule has 1 nitrogen and oxygen atoms in total. The molecule has 0 radical (unpaired) electrons. The van der Waals surface area contributed by atoms with Crippen LogP contribution in [0.2, 0.25) is 0 Å². The van der Waals surface area contributed by atoms with E-state index in [4.69, 9.17) is 0 Å². The maximum atomic E-state index is 13.0. The van der Waals surface area contributed by atoms with Crippen LogP contribution in [0.1, 0.15) is 24.1 Å². The summed E-state index contributed by atoms with van der Waals surface area (Å²) < 4.78 is 26.5. The third kappa shape index (κ3) is 3.85. The first-order valence-electron chi connectivity index (χ1n) is 5.99. The van der Waals surface area contributed by atoms with E-state index in [1.165, 1.54) is 24.3 Å². The third-order valence-corrected chi connectivity index (χ3v) is 3.64. The number of nitrogens with one attached hydrogen (secondary N) is 1. The molecule has 1 N–H and O–H groups in total. The average molecular weight is 326 g/mol. The topological polar surface area (TPSA) is 12.0 Å². The van der Waals surface area contributed by atoms with Gasteiger partial charge in [-0.15, -0.1) is 0 Å². The molecule has 0 saturated heterocycles. The van der Waals surface area contributed by atoms with Crippen molar-refractivity contribution in [3.05, 3.63) is 69.7 Å². The van der Waals surface area contributed by atoms with Crippen molar-refractivity contribution in [1.82, 2.24) is 5.32 Å². The standard InChI is InChI=1S/C15H14BrF2N/c1-10(14-7-6-13(18)8-15(14)16)19-9-11-2-4-12(17)5-3-11/h2-8,10,19H,9H2,1H3. The number of hydrogen-bond acceptors (Lipinski definition) is 1. The first-order valence-corrected chi connectivity index (χ1v) is 6.78. The maximum absolute atomic E-state index is 13.0. The van der Waals surface area contributed by atoms with Crippen molar-refractivity contribution in [2.75, 3.05) is 0 Å². The molecule has 100 valence electrons. The summed E-state index contributed by atoms with van der Waals surface area (Å²) in [5.74, 6) is -0.501. The molecule has 0 heterocycles. The summed E-state index contributed by atoms with van der Waals surface area (Å²) in [6, 6.07) is 11.1. The molecule has 0 aromatic heterocycles. The lowest BCUT2D eigenvalue weighted by molar-refractivity contribution is 0.567. The van der Waals surface area contributed by atoms with Crippen molar-refractivity contribution in [3.63, 3.8) is 0 Å². The minimum absolute atomic E-state index is 0.0695. The van der Waals surface area contributed by atoms with Gasteiger partial charge in [-0.05, 0) is 42.3 Å². The van der Waals surface area contributed by atoms with E-state index in [1.807, 2.05) is 6.92 Å². The van der Waals surface area contributed by atoms with Crippen LogP contribution in [0, 0.1) is 11.6 Å². The molecule has 0 amide bonds. The van der Waals surface area contributed by atoms with Crippen LogP contribution in [0.4, 0.5) is 8.78 Å². The Morgan fingerprint density at radius 3 is 2.32 bits per heavy atom. The van der Waals surface area contributed by atoms with Crippen LogP contribution in [0.3, 0.4) is 0 Å². The highest BCUT2D eigenvalue weighted by molar-refractivity contribution is 9.10. The lowest BCUT2D eigenvalue weighted by Gasteiger charge is -2.16. The molecule has 19 heavy (non-hydrogen) atoms. The molecular formula is C15H14BrF2N. The Balaban J connectivity index is 2.01. The number of rotatable bonds is 4. The van der Waals surface area contributed by atoms with Gasteiger partial charge in [-0.2, -0.15) is 0 Å². The Hall–Kier alpha value is -1.26. The number of benzene rings is 2. The summed E-state index contributed by atoms with van der Waals surface area (Å²) in [6.45, 7) is 2.63. The Labute approximate surface area is 119 Å². The van der Waals surface area contributed by atoms with Crippen LogP contribution in [0.25, 0.3) is 0 Å². The van der Waals surface area contributed by atoms with E-state index in [0.717, 1.165) is 15.6 Å². The molecule has 0 saturated carbocycles. The van der Waals surface area contributed by atoms with E-state index in [1.54, 1.807) is 18.2 Å². The molecule has 0 aliphatic heterocycles. The summed E-state index contributed by atoms with van der Waals surface area (Å²) in [4.78, 5) is 0. The van der Waals surface area contributed by atoms with Crippen LogP contribution < -0.4 is 5.32 Å². The van der Waals surface area contributed by atoms with Crippen molar-refractivity contribution in [2.45, 2.75) is 19.5 Å². The molecular weight excluding hydrogens is 312 g/mol. The first-order chi connectivity index (χ1) is 9.06. The van der Waals surface area contributed by atoms with Crippen LogP contribution in [-0.2, 0) is 6.54 Å². The van der Waals surface area contributed by atoms with Gasteiger partial charge in [0.25, 0.3) is 0 Å². The van der Waals surface area contributed by atoms with Crippen molar-refractivity contribution < 1.29 is 8.78 Å². The number of hydrogen-bond donors (Lipinski definition) is 1. The van der Waals surface area contributed by atoms with Crippen LogP contribution in [-0.4, -0.2) is 0 Å². The molecule has 0 aliphatic carbocycles. The van der Waals surface area contributed by atoms with Gasteiger partial charge < -0.3 is 5.32 Å². The second kappa shape index (κ2) is 6.26. The zero-order chi connectivity index (χ0) is 13.8. The van der Waals surface area contributed by atoms with Crippen LogP contribution >= 0.6 is 15.9 Å². The largest absolute Gasteiger partial charge is 0.306 e. The highest BCUT2D eigenvalue weighted by atomic mass is 79.9. The summed E-state index contributed by atoms with van der Waals surface area (Å²) in [7, 11) is 0. The van der Waals surface area contributed by atoms with Gasteiger partial charge in [0.2, 0.25) is 0 Å². The van der Waals surface area contributed by atoms with Crippen molar-refractivity contribution >= 4 is 15.9 Å². The van der Waals surface area contributed by atoms with Crippen molar-refractivity contribution in [2.24, 2.45) is 0 Å². The van der Waals surface area contributed by atoms with E-state index in [-0.39, 0.29) is 17.7 Å². The molecule has 0 spiro atoms. The van der Waals surface area contributed by atoms with Crippen molar-refractivity contribution in [1.29, 1.82) is 0 Å². The molecule has 2 aromatic carbocycles. The lowest BCUT2D eigenvalue weighted by atomic mass is 10.1. The van der Waals surface area contributed by atoms with Gasteiger partial charge in [0.15, 0.2) is 0 Å². The Morgan fingerprint density at radius 2 is 1.68 bits per heavy atom. The molecule has 4 heteroatoms. The smallest absolute Gasteiger partial charge is 0.124 e. The highest BCUT2D eigenvalue weighted by Crippen LogP contribution is 2.24. The normalized spacial score (nSPS) is 12.4. The minimum atomic E-state index is -0.263. The summed E-state index contributed by atoms with van der Waals surface area (Å²) in [5, 5.41) is 3.32. The van der Waals surface area contributed by atoms with E-state index >= 15 is 0 Å². The van der Waals surface area contributed by atoms with Gasteiger partial charge in [0.1, 0.15) is 11.6 Å². The fraction of sp³-hybridized carbons (Fsp3) is 0.200. The van der Waals surface area contributed by atoms with E-state index in [0.29, 0.717) is 6.54 Å². The number of halogens is 3. The average Bonchev–Trinajstić information content (AvgIpc) is 2.37. The zero-order valence-electron chi connectivity index (χ0n) is 10.5. The van der Waals surface area contributed by atoms with Gasteiger partial charge >= 0.3 is 0 Å². The van der Waals surface area contributed by atoms with Gasteiger partial charge in [-0.1, -0.05) is 34.1 Å². The second-order valence-corrected chi connectivity index (χ2v) is 5.25. The van der Waals surface area contributed by atoms with E-state index in [9.17, 15) is 8.78 Å². The zero-order valence-corrected chi connectivity index (χ0v) is 12.0. The SMILES string of the molecule is CC(NCc1ccc(F)cc1)c1ccc(F)cc1Br. The monoisotopic (exact) mass is 325 g/mol. The summed E-state index contributed by atoms with van der Waals surface area (Å²) in [5.41, 5.74) is 2.00. The minimum Gasteiger partial charge on any atom is -0.306 e. The Morgan fingerprint density at radius 1 is 1.05 bits per heavy atom. The Bertz CT molecular complexity index is 555. The molecule has 2 aromatic rings. The summed E-state index contributed by atoms with van der Waals surface area (Å²) >= 11 is 3.35. The molecule has 0 fully saturated rings. The highest BCUT2D eigenvalue weighted by Gasteiger charge is 2.09. The van der Waals surface area contributed by atoms with Crippen LogP contribution in [0.5, 0.6) is 0 Å². The van der Waals surface area contributed by atoms with Gasteiger partial charge in [-0.3, -0.25) is 0 Å². The Kier molecular flexibility index (Phi) is 4.66. The molecule has 0 aliphatic rings. The third-order valence-electron chi connectivity index (χ3n) is 2.95. The predicted molar refractivity (Wildman–Crippen MR) is 75.8 cm³/mol.